The summed E-state index contributed by atoms with van der Waals surface area (Å²) in [6.07, 6.45) is 7.98. The van der Waals surface area contributed by atoms with Crippen LogP contribution in [0.15, 0.2) is 11.2 Å². The van der Waals surface area contributed by atoms with E-state index < -0.39 is 0 Å². The van der Waals surface area contributed by atoms with Gasteiger partial charge in [-0.25, -0.2) is 4.98 Å². The third kappa shape index (κ3) is 7.57. The minimum Gasteiger partial charge on any atom is -0.356 e. The molecular formula is C20H34IN5OS2. The van der Waals surface area contributed by atoms with Crippen LogP contribution in [0.3, 0.4) is 0 Å². The fourth-order valence-corrected chi connectivity index (χ4v) is 5.59. The molecule has 1 aliphatic carbocycles. The minimum absolute atomic E-state index is 0. The first kappa shape index (κ1) is 24.7. The summed E-state index contributed by atoms with van der Waals surface area (Å²) in [6, 6.07) is 0.402. The molecule has 9 heteroatoms. The summed E-state index contributed by atoms with van der Waals surface area (Å²) in [5, 5.41) is 8.12. The van der Waals surface area contributed by atoms with Crippen molar-refractivity contribution in [2.75, 3.05) is 38.2 Å². The molecular weight excluding hydrogens is 517 g/mol. The molecule has 2 N–H and O–H groups in total. The van der Waals surface area contributed by atoms with E-state index in [0.29, 0.717) is 11.9 Å². The Morgan fingerprint density at radius 2 is 2.00 bits per heavy atom. The zero-order valence-corrected chi connectivity index (χ0v) is 21.4. The molecule has 1 aromatic rings. The van der Waals surface area contributed by atoms with Crippen LogP contribution in [-0.2, 0) is 17.6 Å². The summed E-state index contributed by atoms with van der Waals surface area (Å²) in [5.41, 5.74) is 0. The molecule has 2 aliphatic rings. The van der Waals surface area contributed by atoms with Gasteiger partial charge in [0.2, 0.25) is 5.91 Å². The van der Waals surface area contributed by atoms with Gasteiger partial charge in [0.1, 0.15) is 0 Å². The van der Waals surface area contributed by atoms with Gasteiger partial charge in [0.15, 0.2) is 5.96 Å². The van der Waals surface area contributed by atoms with Crippen molar-refractivity contribution in [1.82, 2.24) is 20.5 Å². The highest BCUT2D eigenvalue weighted by Crippen LogP contribution is 2.27. The fourth-order valence-electron chi connectivity index (χ4n) is 3.83. The van der Waals surface area contributed by atoms with Crippen LogP contribution in [0.5, 0.6) is 0 Å². The van der Waals surface area contributed by atoms with Gasteiger partial charge < -0.3 is 15.5 Å². The molecule has 164 valence electrons. The van der Waals surface area contributed by atoms with Crippen molar-refractivity contribution in [1.29, 1.82) is 0 Å². The van der Waals surface area contributed by atoms with Gasteiger partial charge >= 0.3 is 0 Å². The Morgan fingerprint density at radius 1 is 1.28 bits per heavy atom. The Labute approximate surface area is 200 Å². The first-order valence-electron chi connectivity index (χ1n) is 10.5. The van der Waals surface area contributed by atoms with E-state index in [2.05, 4.69) is 32.4 Å². The van der Waals surface area contributed by atoms with E-state index in [1.807, 2.05) is 25.0 Å². The molecule has 3 rings (SSSR count). The van der Waals surface area contributed by atoms with Crippen LogP contribution >= 0.6 is 47.1 Å². The Kier molecular flexibility index (Phi) is 11.1. The van der Waals surface area contributed by atoms with Crippen molar-refractivity contribution in [2.24, 2.45) is 10.9 Å². The molecule has 2 heterocycles. The number of halogens is 1. The fraction of sp³-hybridized carbons (Fsp3) is 0.750. The average molecular weight is 552 g/mol. The topological polar surface area (TPSA) is 69.6 Å². The van der Waals surface area contributed by atoms with E-state index in [9.17, 15) is 4.79 Å². The van der Waals surface area contributed by atoms with Gasteiger partial charge in [0.05, 0.1) is 5.01 Å². The number of nitrogens with zero attached hydrogens (tertiary/aromatic N) is 3. The van der Waals surface area contributed by atoms with Crippen LogP contribution in [0.25, 0.3) is 0 Å². The molecule has 1 amide bonds. The van der Waals surface area contributed by atoms with Crippen molar-refractivity contribution >= 4 is 58.9 Å². The quantitative estimate of drug-likeness (QED) is 0.323. The standard InChI is InChI=1S/C20H33N5OS2.HI/c1-3-17-14-23-18(28-17)8-9-22-20(21-2)24-16-6-4-15(5-7-16)19(26)25-10-12-27-13-11-25;/h14-16H,3-13H2,1-2H3,(H2,21,22,24);1H. The summed E-state index contributed by atoms with van der Waals surface area (Å²) >= 11 is 3.75. The molecule has 1 saturated carbocycles. The van der Waals surface area contributed by atoms with E-state index in [4.69, 9.17) is 0 Å². The predicted molar refractivity (Wildman–Crippen MR) is 135 cm³/mol. The van der Waals surface area contributed by atoms with Gasteiger partial charge in [0.25, 0.3) is 0 Å². The monoisotopic (exact) mass is 551 g/mol. The van der Waals surface area contributed by atoms with Crippen LogP contribution in [-0.4, -0.2) is 66.0 Å². The lowest BCUT2D eigenvalue weighted by molar-refractivity contribution is -0.136. The van der Waals surface area contributed by atoms with Gasteiger partial charge in [-0.3, -0.25) is 9.79 Å². The number of hydrogen-bond donors (Lipinski definition) is 2. The number of guanidine groups is 1. The zero-order valence-electron chi connectivity index (χ0n) is 17.5. The van der Waals surface area contributed by atoms with Gasteiger partial charge in [-0.2, -0.15) is 11.8 Å². The molecule has 1 aliphatic heterocycles. The second-order valence-electron chi connectivity index (χ2n) is 7.45. The smallest absolute Gasteiger partial charge is 0.225 e. The van der Waals surface area contributed by atoms with E-state index in [1.165, 1.54) is 9.88 Å². The maximum atomic E-state index is 12.7. The number of carbonyl (C=O) groups is 1. The SMILES string of the molecule is CCc1cnc(CCNC(=NC)NC2CCC(C(=O)N3CCSCC3)CC2)s1.I. The molecule has 0 unspecified atom stereocenters. The Morgan fingerprint density at radius 3 is 2.62 bits per heavy atom. The van der Waals surface area contributed by atoms with Crippen molar-refractivity contribution < 1.29 is 4.79 Å². The number of aromatic nitrogens is 1. The maximum absolute atomic E-state index is 12.7. The Bertz CT molecular complexity index is 655. The number of aryl methyl sites for hydroxylation is 1. The Hall–Kier alpha value is -0.550. The zero-order chi connectivity index (χ0) is 19.8. The molecule has 0 radical (unpaired) electrons. The summed E-state index contributed by atoms with van der Waals surface area (Å²) in [6.45, 7) is 4.85. The van der Waals surface area contributed by atoms with Crippen LogP contribution in [0.1, 0.15) is 42.5 Å². The van der Waals surface area contributed by atoms with Gasteiger partial charge in [0, 0.05) is 67.6 Å². The number of carbonyl (C=O) groups excluding carboxylic acids is 1. The van der Waals surface area contributed by atoms with E-state index in [0.717, 1.165) is 75.6 Å². The highest BCUT2D eigenvalue weighted by Gasteiger charge is 2.30. The second kappa shape index (κ2) is 13.0. The molecule has 0 atom stereocenters. The lowest BCUT2D eigenvalue weighted by Gasteiger charge is -2.34. The molecule has 1 saturated heterocycles. The molecule has 6 nitrogen and oxygen atoms in total. The van der Waals surface area contributed by atoms with Crippen molar-refractivity contribution in [3.05, 3.63) is 16.1 Å². The van der Waals surface area contributed by atoms with Gasteiger partial charge in [-0.05, 0) is 32.1 Å². The maximum Gasteiger partial charge on any atom is 0.225 e. The number of nitrogens with one attached hydrogen (secondary N) is 2. The third-order valence-electron chi connectivity index (χ3n) is 5.54. The predicted octanol–water partition coefficient (Wildman–Crippen LogP) is 3.17. The highest BCUT2D eigenvalue weighted by molar-refractivity contribution is 14.0. The van der Waals surface area contributed by atoms with Crippen molar-refractivity contribution in [2.45, 2.75) is 51.5 Å². The molecule has 29 heavy (non-hydrogen) atoms. The van der Waals surface area contributed by atoms with E-state index in [1.54, 1.807) is 11.3 Å². The molecule has 0 bridgehead atoms. The van der Waals surface area contributed by atoms with Gasteiger partial charge in [-0.1, -0.05) is 6.92 Å². The number of thioether (sulfide) groups is 1. The third-order valence-corrected chi connectivity index (χ3v) is 7.69. The van der Waals surface area contributed by atoms with Gasteiger partial charge in [-0.15, -0.1) is 35.3 Å². The molecule has 2 fully saturated rings. The lowest BCUT2D eigenvalue weighted by Crippen LogP contribution is -2.47. The summed E-state index contributed by atoms with van der Waals surface area (Å²) in [4.78, 5) is 24.9. The first-order chi connectivity index (χ1) is 13.7. The summed E-state index contributed by atoms with van der Waals surface area (Å²) in [7, 11) is 1.82. The average Bonchev–Trinajstić information content (AvgIpc) is 3.21. The number of thiazole rings is 1. The molecule has 0 aromatic carbocycles. The lowest BCUT2D eigenvalue weighted by atomic mass is 9.85. The Balaban J connectivity index is 0.00000300. The van der Waals surface area contributed by atoms with Crippen LogP contribution in [0.2, 0.25) is 0 Å². The normalized spacial score (nSPS) is 22.7. The van der Waals surface area contributed by atoms with Crippen LogP contribution in [0.4, 0.5) is 0 Å². The van der Waals surface area contributed by atoms with Crippen molar-refractivity contribution in [3.8, 4) is 0 Å². The second-order valence-corrected chi connectivity index (χ2v) is 9.88. The first-order valence-corrected chi connectivity index (χ1v) is 12.4. The summed E-state index contributed by atoms with van der Waals surface area (Å²) < 4.78 is 0. The number of amides is 1. The van der Waals surface area contributed by atoms with E-state index in [-0.39, 0.29) is 29.9 Å². The van der Waals surface area contributed by atoms with Crippen LogP contribution < -0.4 is 10.6 Å². The number of hydrogen-bond acceptors (Lipinski definition) is 5. The highest BCUT2D eigenvalue weighted by atomic mass is 127. The largest absolute Gasteiger partial charge is 0.356 e. The van der Waals surface area contributed by atoms with Crippen LogP contribution in [0, 0.1) is 5.92 Å². The molecule has 0 spiro atoms. The number of rotatable bonds is 6. The minimum atomic E-state index is 0. The van der Waals surface area contributed by atoms with E-state index >= 15 is 0 Å². The molecule has 1 aromatic heterocycles. The van der Waals surface area contributed by atoms with Crippen molar-refractivity contribution in [3.63, 3.8) is 0 Å². The number of aliphatic imine (C=N–C) groups is 1. The summed E-state index contributed by atoms with van der Waals surface area (Å²) in [5.74, 6) is 3.64.